The third kappa shape index (κ3) is 4.00. The Morgan fingerprint density at radius 1 is 1.04 bits per heavy atom. The Labute approximate surface area is 154 Å². The normalized spacial score (nSPS) is 10.9. The molecule has 0 bridgehead atoms. The summed E-state index contributed by atoms with van der Waals surface area (Å²) in [7, 11) is 0. The van der Waals surface area contributed by atoms with Crippen molar-refractivity contribution in [2.45, 2.75) is 20.4 Å². The minimum atomic E-state index is -0.303. The van der Waals surface area contributed by atoms with Crippen LogP contribution in [-0.2, 0) is 16.1 Å². The Bertz CT molecular complexity index is 1020. The monoisotopic (exact) mass is 369 g/mol. The quantitative estimate of drug-likeness (QED) is 0.724. The fourth-order valence-corrected chi connectivity index (χ4v) is 3.36. The summed E-state index contributed by atoms with van der Waals surface area (Å²) in [4.78, 5) is 36.1. The molecule has 2 aromatic carbocycles. The van der Waals surface area contributed by atoms with Crippen LogP contribution in [0.5, 0.6) is 0 Å². The van der Waals surface area contributed by atoms with E-state index in [1.165, 1.54) is 4.57 Å². The molecule has 0 aliphatic rings. The van der Waals surface area contributed by atoms with Crippen molar-refractivity contribution in [2.75, 3.05) is 10.6 Å². The topological polar surface area (TPSA) is 80.2 Å². The maximum absolute atomic E-state index is 12.4. The van der Waals surface area contributed by atoms with E-state index in [-0.39, 0.29) is 29.1 Å². The van der Waals surface area contributed by atoms with Gasteiger partial charge in [0.1, 0.15) is 6.54 Å². The van der Waals surface area contributed by atoms with Crippen LogP contribution in [0.3, 0.4) is 0 Å². The summed E-state index contributed by atoms with van der Waals surface area (Å²) in [5.74, 6) is -0.528. The van der Waals surface area contributed by atoms with Crippen LogP contribution in [0.1, 0.15) is 13.8 Å². The molecule has 0 saturated carbocycles. The lowest BCUT2D eigenvalue weighted by molar-refractivity contribution is -0.119. The van der Waals surface area contributed by atoms with E-state index in [0.29, 0.717) is 11.4 Å². The Morgan fingerprint density at radius 2 is 1.73 bits per heavy atom. The van der Waals surface area contributed by atoms with E-state index >= 15 is 0 Å². The van der Waals surface area contributed by atoms with E-state index in [0.717, 1.165) is 21.6 Å². The summed E-state index contributed by atoms with van der Waals surface area (Å²) in [5.41, 5.74) is 1.92. The van der Waals surface area contributed by atoms with Gasteiger partial charge in [0.15, 0.2) is 0 Å². The van der Waals surface area contributed by atoms with Gasteiger partial charge in [0.05, 0.1) is 10.2 Å². The third-order valence-corrected chi connectivity index (χ3v) is 4.77. The van der Waals surface area contributed by atoms with Crippen molar-refractivity contribution < 1.29 is 9.59 Å². The summed E-state index contributed by atoms with van der Waals surface area (Å²) in [6.07, 6.45) is 0. The minimum absolute atomic E-state index is 0.0641. The highest BCUT2D eigenvalue weighted by molar-refractivity contribution is 7.16. The zero-order valence-corrected chi connectivity index (χ0v) is 15.3. The van der Waals surface area contributed by atoms with Crippen LogP contribution in [0.4, 0.5) is 11.4 Å². The summed E-state index contributed by atoms with van der Waals surface area (Å²) in [6, 6.07) is 14.3. The Kier molecular flexibility index (Phi) is 5.18. The molecule has 0 unspecified atom stereocenters. The van der Waals surface area contributed by atoms with Gasteiger partial charge < -0.3 is 10.6 Å². The standard InChI is InChI=1S/C19H19N3O3S/c1-12(2)18(24)21-14-7-5-6-13(10-14)20-17(23)11-22-15-8-3-4-9-16(15)26-19(22)25/h3-10,12H,11H2,1-2H3,(H,20,23)(H,21,24). The number of amides is 2. The van der Waals surface area contributed by atoms with Crippen LogP contribution >= 0.6 is 11.3 Å². The van der Waals surface area contributed by atoms with Crippen molar-refractivity contribution in [2.24, 2.45) is 5.92 Å². The van der Waals surface area contributed by atoms with Crippen molar-refractivity contribution in [3.63, 3.8) is 0 Å². The van der Waals surface area contributed by atoms with Gasteiger partial charge in [0.2, 0.25) is 11.8 Å². The maximum Gasteiger partial charge on any atom is 0.308 e. The summed E-state index contributed by atoms with van der Waals surface area (Å²) >= 11 is 1.12. The summed E-state index contributed by atoms with van der Waals surface area (Å²) < 4.78 is 2.31. The second kappa shape index (κ2) is 7.53. The molecule has 0 aliphatic heterocycles. The van der Waals surface area contributed by atoms with E-state index in [9.17, 15) is 14.4 Å². The number of anilines is 2. The molecule has 0 aliphatic carbocycles. The molecule has 2 amide bonds. The van der Waals surface area contributed by atoms with Crippen LogP contribution in [-0.4, -0.2) is 16.4 Å². The third-order valence-electron chi connectivity index (χ3n) is 3.81. The number of carbonyl (C=O) groups excluding carboxylic acids is 2. The zero-order chi connectivity index (χ0) is 18.7. The number of carbonyl (C=O) groups is 2. The number of hydrogen-bond donors (Lipinski definition) is 2. The van der Waals surface area contributed by atoms with Crippen molar-refractivity contribution in [1.29, 1.82) is 0 Å². The Morgan fingerprint density at radius 3 is 2.46 bits per heavy atom. The van der Waals surface area contributed by atoms with Gasteiger partial charge in [0, 0.05) is 17.3 Å². The zero-order valence-electron chi connectivity index (χ0n) is 14.5. The molecule has 3 aromatic rings. The van der Waals surface area contributed by atoms with Crippen LogP contribution in [0.25, 0.3) is 10.2 Å². The second-order valence-corrected chi connectivity index (χ2v) is 7.19. The van der Waals surface area contributed by atoms with Crippen LogP contribution in [0.2, 0.25) is 0 Å². The van der Waals surface area contributed by atoms with Gasteiger partial charge in [-0.1, -0.05) is 43.4 Å². The molecule has 134 valence electrons. The molecule has 26 heavy (non-hydrogen) atoms. The van der Waals surface area contributed by atoms with Gasteiger partial charge in [-0.25, -0.2) is 0 Å². The smallest absolute Gasteiger partial charge is 0.308 e. The first-order valence-corrected chi connectivity index (χ1v) is 9.05. The molecule has 0 fully saturated rings. The van der Waals surface area contributed by atoms with E-state index in [1.807, 2.05) is 38.1 Å². The molecule has 0 radical (unpaired) electrons. The lowest BCUT2D eigenvalue weighted by Gasteiger charge is -2.10. The number of benzene rings is 2. The van der Waals surface area contributed by atoms with Crippen LogP contribution < -0.4 is 15.5 Å². The fourth-order valence-electron chi connectivity index (χ4n) is 2.47. The average Bonchev–Trinajstić information content (AvgIpc) is 2.90. The van der Waals surface area contributed by atoms with Crippen molar-refractivity contribution >= 4 is 44.7 Å². The highest BCUT2D eigenvalue weighted by atomic mass is 32.1. The highest BCUT2D eigenvalue weighted by Crippen LogP contribution is 2.18. The number of nitrogens with zero attached hydrogens (tertiary/aromatic N) is 1. The minimum Gasteiger partial charge on any atom is -0.326 e. The fraction of sp³-hybridized carbons (Fsp3) is 0.211. The molecule has 6 nitrogen and oxygen atoms in total. The van der Waals surface area contributed by atoms with Gasteiger partial charge in [-0.3, -0.25) is 19.0 Å². The first kappa shape index (κ1) is 17.9. The molecule has 3 rings (SSSR count). The summed E-state index contributed by atoms with van der Waals surface area (Å²) in [6.45, 7) is 3.55. The number of thiazole rings is 1. The first-order chi connectivity index (χ1) is 12.4. The van der Waals surface area contributed by atoms with E-state index in [2.05, 4.69) is 10.6 Å². The Hall–Kier alpha value is -2.93. The van der Waals surface area contributed by atoms with Crippen LogP contribution in [0, 0.1) is 5.92 Å². The predicted molar refractivity (Wildman–Crippen MR) is 105 cm³/mol. The van der Waals surface area contributed by atoms with E-state index < -0.39 is 0 Å². The Balaban J connectivity index is 1.73. The maximum atomic E-state index is 12.4. The second-order valence-electron chi connectivity index (χ2n) is 6.19. The largest absolute Gasteiger partial charge is 0.326 e. The molecule has 0 spiro atoms. The van der Waals surface area contributed by atoms with Crippen molar-refractivity contribution in [1.82, 2.24) is 4.57 Å². The molecule has 7 heteroatoms. The van der Waals surface area contributed by atoms with Gasteiger partial charge in [0.25, 0.3) is 0 Å². The number of aromatic nitrogens is 1. The molecule has 1 heterocycles. The van der Waals surface area contributed by atoms with Crippen molar-refractivity contribution in [3.05, 3.63) is 58.2 Å². The average molecular weight is 369 g/mol. The molecular weight excluding hydrogens is 350 g/mol. The molecular formula is C19H19N3O3S. The number of rotatable bonds is 5. The van der Waals surface area contributed by atoms with Gasteiger partial charge >= 0.3 is 4.87 Å². The molecule has 1 aromatic heterocycles. The van der Waals surface area contributed by atoms with E-state index in [4.69, 9.17) is 0 Å². The molecule has 0 saturated heterocycles. The SMILES string of the molecule is CC(C)C(=O)Nc1cccc(NC(=O)Cn2c(=O)sc3ccccc32)c1. The van der Waals surface area contributed by atoms with Gasteiger partial charge in [-0.05, 0) is 30.3 Å². The number of hydrogen-bond acceptors (Lipinski definition) is 4. The van der Waals surface area contributed by atoms with Crippen molar-refractivity contribution in [3.8, 4) is 0 Å². The first-order valence-electron chi connectivity index (χ1n) is 8.23. The lowest BCUT2D eigenvalue weighted by atomic mass is 10.2. The number of nitrogens with one attached hydrogen (secondary N) is 2. The molecule has 2 N–H and O–H groups in total. The molecule has 0 atom stereocenters. The predicted octanol–water partition coefficient (Wildman–Crippen LogP) is 3.30. The van der Waals surface area contributed by atoms with Gasteiger partial charge in [-0.2, -0.15) is 0 Å². The number of fused-ring (bicyclic) bond motifs is 1. The lowest BCUT2D eigenvalue weighted by Crippen LogP contribution is -2.24. The van der Waals surface area contributed by atoms with E-state index in [1.54, 1.807) is 24.3 Å². The van der Waals surface area contributed by atoms with Gasteiger partial charge in [-0.15, -0.1) is 0 Å². The highest BCUT2D eigenvalue weighted by Gasteiger charge is 2.12. The summed E-state index contributed by atoms with van der Waals surface area (Å²) in [5, 5.41) is 5.56. The van der Waals surface area contributed by atoms with Crippen LogP contribution in [0.15, 0.2) is 53.3 Å². The number of para-hydroxylation sites is 1.